The van der Waals surface area contributed by atoms with E-state index in [4.69, 9.17) is 9.40 Å². The molecule has 1 unspecified atom stereocenters. The maximum Gasteiger partial charge on any atom is 0.252 e. The summed E-state index contributed by atoms with van der Waals surface area (Å²) in [7, 11) is 0. The van der Waals surface area contributed by atoms with Gasteiger partial charge in [0.25, 0.3) is 5.91 Å². The number of pyridine rings is 1. The molecule has 0 saturated heterocycles. The molecule has 1 N–H and O–H groups in total. The van der Waals surface area contributed by atoms with Crippen LogP contribution in [0.5, 0.6) is 0 Å². The zero-order valence-electron chi connectivity index (χ0n) is 17.2. The second-order valence-electron chi connectivity index (χ2n) is 8.11. The van der Waals surface area contributed by atoms with Crippen LogP contribution in [0.15, 0.2) is 59.3 Å². The molecule has 3 aromatic heterocycles. The summed E-state index contributed by atoms with van der Waals surface area (Å²) >= 11 is 0. The summed E-state index contributed by atoms with van der Waals surface area (Å²) in [5.41, 5.74) is 2.21. The number of carbonyl (C=O) groups excluding carboxylic acids is 1. The predicted molar refractivity (Wildman–Crippen MR) is 115 cm³/mol. The lowest BCUT2D eigenvalue weighted by Crippen LogP contribution is -2.33. The molecule has 1 atom stereocenters. The van der Waals surface area contributed by atoms with Gasteiger partial charge in [-0.15, -0.1) is 0 Å². The van der Waals surface area contributed by atoms with Crippen LogP contribution in [0, 0.1) is 5.82 Å². The third-order valence-corrected chi connectivity index (χ3v) is 5.66. The molecule has 31 heavy (non-hydrogen) atoms. The smallest absolute Gasteiger partial charge is 0.252 e. The Labute approximate surface area is 179 Å². The highest BCUT2D eigenvalue weighted by Crippen LogP contribution is 2.40. The average Bonchev–Trinajstić information content (AvgIpc) is 3.32. The van der Waals surface area contributed by atoms with E-state index in [1.807, 2.05) is 25.1 Å². The van der Waals surface area contributed by atoms with Crippen molar-refractivity contribution < 1.29 is 13.6 Å². The Bertz CT molecular complexity index is 1230. The molecule has 1 fully saturated rings. The van der Waals surface area contributed by atoms with Gasteiger partial charge in [0.1, 0.15) is 17.3 Å². The first-order valence-electron chi connectivity index (χ1n) is 10.6. The largest absolute Gasteiger partial charge is 0.469 e. The van der Waals surface area contributed by atoms with E-state index in [9.17, 15) is 9.18 Å². The van der Waals surface area contributed by atoms with Crippen molar-refractivity contribution >= 4 is 16.9 Å². The fourth-order valence-electron chi connectivity index (χ4n) is 3.78. The first-order chi connectivity index (χ1) is 15.1. The molecule has 0 spiro atoms. The summed E-state index contributed by atoms with van der Waals surface area (Å²) in [6, 6.07) is 12.1. The van der Waals surface area contributed by atoms with Crippen molar-refractivity contribution in [1.29, 1.82) is 0 Å². The van der Waals surface area contributed by atoms with Crippen LogP contribution in [0.25, 0.3) is 16.7 Å². The van der Waals surface area contributed by atoms with Gasteiger partial charge in [0.2, 0.25) is 0 Å². The summed E-state index contributed by atoms with van der Waals surface area (Å²) < 4.78 is 21.3. The van der Waals surface area contributed by atoms with Crippen LogP contribution in [-0.4, -0.2) is 26.7 Å². The van der Waals surface area contributed by atoms with Gasteiger partial charge in [0.05, 0.1) is 23.4 Å². The molecule has 5 rings (SSSR count). The van der Waals surface area contributed by atoms with Crippen molar-refractivity contribution in [3.8, 4) is 5.69 Å². The maximum atomic E-state index is 14.4. The molecule has 0 bridgehead atoms. The van der Waals surface area contributed by atoms with Gasteiger partial charge in [-0.3, -0.25) is 4.79 Å². The number of para-hydroxylation sites is 1. The molecule has 1 aliphatic carbocycles. The summed E-state index contributed by atoms with van der Waals surface area (Å²) in [6.07, 6.45) is 6.85. The van der Waals surface area contributed by atoms with Crippen molar-refractivity contribution in [2.45, 2.75) is 44.6 Å². The Morgan fingerprint density at radius 3 is 2.87 bits per heavy atom. The van der Waals surface area contributed by atoms with Crippen LogP contribution in [0.4, 0.5) is 4.39 Å². The lowest BCUT2D eigenvalue weighted by Gasteiger charge is -2.14. The third kappa shape index (κ3) is 3.95. The summed E-state index contributed by atoms with van der Waals surface area (Å²) in [6.45, 7) is 1.98. The van der Waals surface area contributed by atoms with E-state index in [1.54, 1.807) is 30.7 Å². The lowest BCUT2D eigenvalue weighted by molar-refractivity contribution is 0.0939. The molecule has 0 radical (unpaired) electrons. The van der Waals surface area contributed by atoms with Gasteiger partial charge in [-0.25, -0.2) is 14.1 Å². The monoisotopic (exact) mass is 418 g/mol. The number of aromatic nitrogens is 3. The van der Waals surface area contributed by atoms with Gasteiger partial charge in [0, 0.05) is 24.1 Å². The van der Waals surface area contributed by atoms with Crippen LogP contribution in [0.1, 0.15) is 53.9 Å². The van der Waals surface area contributed by atoms with Crippen LogP contribution in [0.3, 0.4) is 0 Å². The van der Waals surface area contributed by atoms with E-state index in [0.717, 1.165) is 37.1 Å². The van der Waals surface area contributed by atoms with Crippen molar-refractivity contribution in [1.82, 2.24) is 20.1 Å². The highest BCUT2D eigenvalue weighted by molar-refractivity contribution is 6.05. The molecule has 6 nitrogen and oxygen atoms in total. The first kappa shape index (κ1) is 19.5. The number of hydrogen-bond donors (Lipinski definition) is 1. The molecule has 4 aromatic rings. The molecular formula is C24H23FN4O2. The number of halogens is 1. The molecular weight excluding hydrogens is 395 g/mol. The molecule has 1 amide bonds. The molecule has 7 heteroatoms. The van der Waals surface area contributed by atoms with Gasteiger partial charge in [0.15, 0.2) is 5.65 Å². The van der Waals surface area contributed by atoms with Crippen LogP contribution >= 0.6 is 0 Å². The number of hydrogen-bond acceptors (Lipinski definition) is 4. The van der Waals surface area contributed by atoms with Crippen molar-refractivity contribution in [2.24, 2.45) is 0 Å². The van der Waals surface area contributed by atoms with E-state index in [2.05, 4.69) is 10.4 Å². The van der Waals surface area contributed by atoms with E-state index in [0.29, 0.717) is 28.2 Å². The van der Waals surface area contributed by atoms with Crippen LogP contribution in [-0.2, 0) is 6.42 Å². The molecule has 1 saturated carbocycles. The highest BCUT2D eigenvalue weighted by Gasteiger charge is 2.28. The van der Waals surface area contributed by atoms with E-state index in [-0.39, 0.29) is 17.8 Å². The van der Waals surface area contributed by atoms with E-state index >= 15 is 0 Å². The van der Waals surface area contributed by atoms with E-state index in [1.165, 1.54) is 10.7 Å². The topological polar surface area (TPSA) is 73.0 Å². The number of aryl methyl sites for hydroxylation is 1. The fraction of sp³-hybridized carbons (Fsp3) is 0.292. The molecule has 158 valence electrons. The van der Waals surface area contributed by atoms with E-state index < -0.39 is 0 Å². The number of furan rings is 1. The third-order valence-electron chi connectivity index (χ3n) is 5.66. The fourth-order valence-corrected chi connectivity index (χ4v) is 3.78. The number of nitrogens with zero attached hydrogens (tertiary/aromatic N) is 3. The van der Waals surface area contributed by atoms with Gasteiger partial charge in [-0.05, 0) is 56.5 Å². The van der Waals surface area contributed by atoms with Gasteiger partial charge in [-0.1, -0.05) is 12.1 Å². The standard InChI is InChI=1S/C24H23FN4O2/c1-15(8-11-17-5-4-12-31-17)27-24(30)18-13-21(16-9-10-16)28-23-19(18)14-26-29(23)22-7-3-2-6-20(22)25/h2-7,12-16H,8-11H2,1H3,(H,27,30). The number of fused-ring (bicyclic) bond motifs is 1. The number of benzene rings is 1. The molecule has 1 aliphatic rings. The first-order valence-corrected chi connectivity index (χ1v) is 10.6. The average molecular weight is 418 g/mol. The van der Waals surface area contributed by atoms with Crippen LogP contribution in [0.2, 0.25) is 0 Å². The van der Waals surface area contributed by atoms with Gasteiger partial charge in [-0.2, -0.15) is 5.10 Å². The zero-order valence-corrected chi connectivity index (χ0v) is 17.2. The van der Waals surface area contributed by atoms with Crippen molar-refractivity contribution in [3.63, 3.8) is 0 Å². The number of rotatable bonds is 7. The molecule has 0 aliphatic heterocycles. The quantitative estimate of drug-likeness (QED) is 0.469. The normalized spacial score (nSPS) is 14.6. The summed E-state index contributed by atoms with van der Waals surface area (Å²) in [4.78, 5) is 17.9. The SMILES string of the molecule is CC(CCc1ccco1)NC(=O)c1cc(C2CC2)nc2c1cnn2-c1ccccc1F. The minimum atomic E-state index is -0.385. The Morgan fingerprint density at radius 1 is 1.29 bits per heavy atom. The summed E-state index contributed by atoms with van der Waals surface area (Å²) in [5, 5.41) is 8.05. The maximum absolute atomic E-state index is 14.4. The van der Waals surface area contributed by atoms with Gasteiger partial charge < -0.3 is 9.73 Å². The Morgan fingerprint density at radius 2 is 2.13 bits per heavy atom. The predicted octanol–water partition coefficient (Wildman–Crippen LogP) is 4.78. The van der Waals surface area contributed by atoms with Gasteiger partial charge >= 0.3 is 0 Å². The summed E-state index contributed by atoms with van der Waals surface area (Å²) in [5.74, 6) is 0.684. The molecule has 1 aromatic carbocycles. The second kappa shape index (κ2) is 7.98. The minimum Gasteiger partial charge on any atom is -0.469 e. The van der Waals surface area contributed by atoms with Crippen LogP contribution < -0.4 is 5.32 Å². The number of carbonyl (C=O) groups is 1. The second-order valence-corrected chi connectivity index (χ2v) is 8.11. The highest BCUT2D eigenvalue weighted by atomic mass is 19.1. The number of nitrogens with one attached hydrogen (secondary N) is 1. The number of amides is 1. The zero-order chi connectivity index (χ0) is 21.4. The Hall–Kier alpha value is -3.48. The Kier molecular flexibility index (Phi) is 5.02. The van der Waals surface area contributed by atoms with Crippen molar-refractivity contribution in [2.75, 3.05) is 0 Å². The van der Waals surface area contributed by atoms with Crippen molar-refractivity contribution in [3.05, 3.63) is 77.8 Å². The minimum absolute atomic E-state index is 0.0354. The molecule has 3 heterocycles. The Balaban J connectivity index is 1.46. The lowest BCUT2D eigenvalue weighted by atomic mass is 10.1.